The number of nitriles is 1. The quantitative estimate of drug-likeness (QED) is 0.821. The van der Waals surface area contributed by atoms with Gasteiger partial charge in [0.2, 0.25) is 0 Å². The Hall–Kier alpha value is -1.56. The lowest BCUT2D eigenvalue weighted by molar-refractivity contribution is 0.333. The van der Waals surface area contributed by atoms with Crippen LogP contribution in [0.2, 0.25) is 0 Å². The lowest BCUT2D eigenvalue weighted by Crippen LogP contribution is -2.20. The topological polar surface area (TPSA) is 35.8 Å². The predicted molar refractivity (Wildman–Crippen MR) is 56.9 cm³/mol. The Kier molecular flexibility index (Phi) is 2.86. The lowest BCUT2D eigenvalue weighted by Gasteiger charge is -2.25. The van der Waals surface area contributed by atoms with Gasteiger partial charge in [0.05, 0.1) is 11.6 Å². The molecule has 0 bridgehead atoms. The lowest BCUT2D eigenvalue weighted by atomic mass is 9.85. The molecular formula is C12H13FN2. The van der Waals surface area contributed by atoms with E-state index in [9.17, 15) is 4.39 Å². The first-order valence-corrected chi connectivity index (χ1v) is 5.22. The van der Waals surface area contributed by atoms with Gasteiger partial charge >= 0.3 is 0 Å². The van der Waals surface area contributed by atoms with Gasteiger partial charge in [0, 0.05) is 12.2 Å². The van der Waals surface area contributed by atoms with Crippen LogP contribution in [0.5, 0.6) is 0 Å². The van der Waals surface area contributed by atoms with Gasteiger partial charge in [0.25, 0.3) is 0 Å². The molecule has 1 aromatic carbocycles. The van der Waals surface area contributed by atoms with Crippen molar-refractivity contribution in [1.82, 2.24) is 0 Å². The van der Waals surface area contributed by atoms with Crippen LogP contribution in [0.1, 0.15) is 24.8 Å². The second kappa shape index (κ2) is 4.31. The fourth-order valence-electron chi connectivity index (χ4n) is 1.72. The SMILES string of the molecule is N#Cc1cc(F)cc(NCC2CCC2)c1. The first-order chi connectivity index (χ1) is 7.28. The van der Waals surface area contributed by atoms with Crippen molar-refractivity contribution in [2.24, 2.45) is 5.92 Å². The third-order valence-electron chi connectivity index (χ3n) is 2.85. The van der Waals surface area contributed by atoms with Crippen LogP contribution in [0.3, 0.4) is 0 Å². The van der Waals surface area contributed by atoms with E-state index in [1.807, 2.05) is 6.07 Å². The molecule has 1 aliphatic rings. The number of hydrogen-bond donors (Lipinski definition) is 1. The van der Waals surface area contributed by atoms with Gasteiger partial charge in [0.15, 0.2) is 0 Å². The average molecular weight is 204 g/mol. The molecule has 0 heterocycles. The summed E-state index contributed by atoms with van der Waals surface area (Å²) in [6.07, 6.45) is 3.82. The molecule has 2 rings (SSSR count). The summed E-state index contributed by atoms with van der Waals surface area (Å²) in [6, 6.07) is 6.30. The molecule has 0 radical (unpaired) electrons. The second-order valence-electron chi connectivity index (χ2n) is 4.02. The Bertz CT molecular complexity index is 391. The molecule has 0 saturated heterocycles. The molecule has 0 unspecified atom stereocenters. The van der Waals surface area contributed by atoms with E-state index in [0.29, 0.717) is 11.3 Å². The summed E-state index contributed by atoms with van der Waals surface area (Å²) in [5, 5.41) is 11.8. The van der Waals surface area contributed by atoms with Crippen molar-refractivity contribution < 1.29 is 4.39 Å². The van der Waals surface area contributed by atoms with E-state index >= 15 is 0 Å². The van der Waals surface area contributed by atoms with Gasteiger partial charge in [-0.05, 0) is 37.0 Å². The Labute approximate surface area is 88.7 Å². The minimum Gasteiger partial charge on any atom is -0.385 e. The zero-order chi connectivity index (χ0) is 10.7. The Morgan fingerprint density at radius 2 is 2.20 bits per heavy atom. The molecule has 2 nitrogen and oxygen atoms in total. The number of nitrogens with one attached hydrogen (secondary N) is 1. The van der Waals surface area contributed by atoms with Gasteiger partial charge in [-0.3, -0.25) is 0 Å². The molecule has 1 aliphatic carbocycles. The largest absolute Gasteiger partial charge is 0.385 e. The van der Waals surface area contributed by atoms with Crippen LogP contribution in [0.15, 0.2) is 18.2 Å². The highest BCUT2D eigenvalue weighted by Crippen LogP contribution is 2.26. The van der Waals surface area contributed by atoms with Gasteiger partial charge in [-0.15, -0.1) is 0 Å². The van der Waals surface area contributed by atoms with Crippen molar-refractivity contribution in [3.63, 3.8) is 0 Å². The molecule has 15 heavy (non-hydrogen) atoms. The average Bonchev–Trinajstić information content (AvgIpc) is 2.14. The van der Waals surface area contributed by atoms with Crippen LogP contribution in [0.25, 0.3) is 0 Å². The zero-order valence-electron chi connectivity index (χ0n) is 8.46. The first kappa shape index (κ1) is 9.97. The van der Waals surface area contributed by atoms with Gasteiger partial charge in [-0.2, -0.15) is 5.26 Å². The number of nitrogens with zero attached hydrogens (tertiary/aromatic N) is 1. The van der Waals surface area contributed by atoms with Gasteiger partial charge < -0.3 is 5.32 Å². The summed E-state index contributed by atoms with van der Waals surface area (Å²) in [7, 11) is 0. The van der Waals surface area contributed by atoms with Crippen molar-refractivity contribution in [2.75, 3.05) is 11.9 Å². The highest BCUT2D eigenvalue weighted by Gasteiger charge is 2.16. The molecule has 78 valence electrons. The van der Waals surface area contributed by atoms with Gasteiger partial charge in [-0.25, -0.2) is 4.39 Å². The summed E-state index contributed by atoms with van der Waals surface area (Å²) in [4.78, 5) is 0. The van der Waals surface area contributed by atoms with Crippen molar-refractivity contribution in [1.29, 1.82) is 5.26 Å². The van der Waals surface area contributed by atoms with E-state index in [1.54, 1.807) is 6.07 Å². The van der Waals surface area contributed by atoms with E-state index in [2.05, 4.69) is 5.32 Å². The highest BCUT2D eigenvalue weighted by atomic mass is 19.1. The minimum atomic E-state index is -0.356. The van der Waals surface area contributed by atoms with Crippen molar-refractivity contribution in [2.45, 2.75) is 19.3 Å². The number of halogens is 1. The predicted octanol–water partition coefficient (Wildman–Crippen LogP) is 2.91. The molecule has 0 amide bonds. The number of anilines is 1. The maximum Gasteiger partial charge on any atom is 0.126 e. The van der Waals surface area contributed by atoms with Crippen molar-refractivity contribution >= 4 is 5.69 Å². The smallest absolute Gasteiger partial charge is 0.126 e. The fraction of sp³-hybridized carbons (Fsp3) is 0.417. The number of benzene rings is 1. The Morgan fingerprint density at radius 1 is 1.40 bits per heavy atom. The number of rotatable bonds is 3. The maximum absolute atomic E-state index is 13.0. The van der Waals surface area contributed by atoms with Crippen LogP contribution in [0.4, 0.5) is 10.1 Å². The zero-order valence-corrected chi connectivity index (χ0v) is 8.46. The molecule has 1 N–H and O–H groups in total. The second-order valence-corrected chi connectivity index (χ2v) is 4.02. The van der Waals surface area contributed by atoms with E-state index in [1.165, 1.54) is 31.4 Å². The molecule has 1 fully saturated rings. The van der Waals surface area contributed by atoms with Crippen molar-refractivity contribution in [3.05, 3.63) is 29.6 Å². The van der Waals surface area contributed by atoms with Crippen LogP contribution >= 0.6 is 0 Å². The summed E-state index contributed by atoms with van der Waals surface area (Å²) in [6.45, 7) is 0.883. The van der Waals surface area contributed by atoms with Crippen LogP contribution in [-0.4, -0.2) is 6.54 Å². The van der Waals surface area contributed by atoms with Crippen LogP contribution < -0.4 is 5.32 Å². The normalized spacial score (nSPS) is 15.5. The summed E-state index contributed by atoms with van der Waals surface area (Å²) in [5.41, 5.74) is 1.07. The summed E-state index contributed by atoms with van der Waals surface area (Å²) in [5.74, 6) is 0.365. The Morgan fingerprint density at radius 3 is 2.80 bits per heavy atom. The summed E-state index contributed by atoms with van der Waals surface area (Å²) >= 11 is 0. The standard InChI is InChI=1S/C12H13FN2/c13-11-4-10(7-14)5-12(6-11)15-8-9-2-1-3-9/h4-6,9,15H,1-3,8H2. The molecule has 0 spiro atoms. The molecule has 1 aromatic rings. The summed E-state index contributed by atoms with van der Waals surface area (Å²) < 4.78 is 13.0. The molecular weight excluding hydrogens is 191 g/mol. The number of hydrogen-bond acceptors (Lipinski definition) is 2. The van der Waals surface area contributed by atoms with E-state index < -0.39 is 0 Å². The maximum atomic E-state index is 13.0. The van der Waals surface area contributed by atoms with E-state index in [0.717, 1.165) is 12.5 Å². The van der Waals surface area contributed by atoms with E-state index in [4.69, 9.17) is 5.26 Å². The van der Waals surface area contributed by atoms with Gasteiger partial charge in [-0.1, -0.05) is 6.42 Å². The van der Waals surface area contributed by atoms with Crippen molar-refractivity contribution in [3.8, 4) is 6.07 Å². The molecule has 1 saturated carbocycles. The molecule has 0 atom stereocenters. The fourth-order valence-corrected chi connectivity index (χ4v) is 1.72. The Balaban J connectivity index is 2.00. The monoisotopic (exact) mass is 204 g/mol. The third-order valence-corrected chi connectivity index (χ3v) is 2.85. The van der Waals surface area contributed by atoms with Crippen LogP contribution in [-0.2, 0) is 0 Å². The third kappa shape index (κ3) is 2.47. The first-order valence-electron chi connectivity index (χ1n) is 5.22. The minimum absolute atomic E-state index is 0.356. The molecule has 3 heteroatoms. The van der Waals surface area contributed by atoms with Gasteiger partial charge in [0.1, 0.15) is 5.82 Å². The highest BCUT2D eigenvalue weighted by molar-refractivity contribution is 5.49. The molecule has 0 aromatic heterocycles. The molecule has 0 aliphatic heterocycles. The van der Waals surface area contributed by atoms with E-state index in [-0.39, 0.29) is 5.82 Å². The van der Waals surface area contributed by atoms with Crippen LogP contribution in [0, 0.1) is 23.1 Å².